The van der Waals surface area contributed by atoms with E-state index >= 15 is 0 Å². The topological polar surface area (TPSA) is 33.1 Å². The Labute approximate surface area is 110 Å². The highest BCUT2D eigenvalue weighted by molar-refractivity contribution is 6.34. The molecule has 1 atom stereocenters. The highest BCUT2D eigenvalue weighted by Crippen LogP contribution is 2.25. The van der Waals surface area contributed by atoms with Crippen molar-refractivity contribution in [3.63, 3.8) is 0 Å². The molecule has 0 saturated carbocycles. The van der Waals surface area contributed by atoms with Gasteiger partial charge in [0.25, 0.3) is 0 Å². The summed E-state index contributed by atoms with van der Waals surface area (Å²) in [5, 5.41) is 11.1. The van der Waals surface area contributed by atoms with E-state index in [9.17, 15) is 5.11 Å². The number of aromatic nitrogens is 1. The van der Waals surface area contributed by atoms with Crippen LogP contribution in [0, 0.1) is 0 Å². The lowest BCUT2D eigenvalue weighted by atomic mass is 10.0. The van der Waals surface area contributed by atoms with E-state index in [4.69, 9.17) is 23.2 Å². The number of aliphatic hydroxyl groups is 1. The lowest BCUT2D eigenvalue weighted by Crippen LogP contribution is -2.03. The van der Waals surface area contributed by atoms with Crippen LogP contribution in [0.25, 0.3) is 0 Å². The molecule has 1 aromatic carbocycles. The largest absolute Gasteiger partial charge is 0.388 e. The van der Waals surface area contributed by atoms with Gasteiger partial charge in [0.15, 0.2) is 0 Å². The summed E-state index contributed by atoms with van der Waals surface area (Å²) in [6.45, 7) is 0. The number of halogens is 2. The molecule has 4 heteroatoms. The molecule has 2 aromatic rings. The molecule has 2 nitrogen and oxygen atoms in total. The van der Waals surface area contributed by atoms with Gasteiger partial charge in [-0.2, -0.15) is 0 Å². The summed E-state index contributed by atoms with van der Waals surface area (Å²) in [4.78, 5) is 4.16. The maximum atomic E-state index is 10.1. The van der Waals surface area contributed by atoms with Crippen molar-refractivity contribution >= 4 is 23.2 Å². The van der Waals surface area contributed by atoms with Crippen LogP contribution in [0.3, 0.4) is 0 Å². The average molecular weight is 268 g/mol. The van der Waals surface area contributed by atoms with Gasteiger partial charge >= 0.3 is 0 Å². The summed E-state index contributed by atoms with van der Waals surface area (Å²) in [6, 6.07) is 10.7. The number of hydrogen-bond donors (Lipinski definition) is 1. The standard InChI is InChI=1S/C13H11Cl2NO/c14-10-5-9(6-11(15)7-10)13(17)8-12-3-1-2-4-16-12/h1-7,13,17H,8H2. The first-order chi connectivity index (χ1) is 8.15. The molecule has 0 spiro atoms. The Balaban J connectivity index is 2.17. The van der Waals surface area contributed by atoms with Crippen LogP contribution in [0.1, 0.15) is 17.4 Å². The molecule has 0 amide bonds. The van der Waals surface area contributed by atoms with Crippen LogP contribution in [-0.2, 0) is 6.42 Å². The molecule has 1 unspecified atom stereocenters. The molecule has 1 N–H and O–H groups in total. The predicted molar refractivity (Wildman–Crippen MR) is 69.4 cm³/mol. The Morgan fingerprint density at radius 2 is 1.82 bits per heavy atom. The van der Waals surface area contributed by atoms with Gasteiger partial charge in [0.2, 0.25) is 0 Å². The van der Waals surface area contributed by atoms with Gasteiger partial charge in [0.1, 0.15) is 0 Å². The number of aliphatic hydroxyl groups excluding tert-OH is 1. The second-order valence-corrected chi connectivity index (χ2v) is 4.62. The first-order valence-corrected chi connectivity index (χ1v) is 5.95. The third-order valence-electron chi connectivity index (χ3n) is 2.40. The van der Waals surface area contributed by atoms with Crippen molar-refractivity contribution in [2.45, 2.75) is 12.5 Å². The molecule has 0 saturated heterocycles. The van der Waals surface area contributed by atoms with Gasteiger partial charge in [-0.05, 0) is 35.9 Å². The van der Waals surface area contributed by atoms with Gasteiger partial charge < -0.3 is 5.11 Å². The van der Waals surface area contributed by atoms with E-state index in [0.29, 0.717) is 22.0 Å². The Kier molecular flexibility index (Phi) is 4.00. The fourth-order valence-electron chi connectivity index (χ4n) is 1.60. The molecule has 0 bridgehead atoms. The van der Waals surface area contributed by atoms with Crippen molar-refractivity contribution in [2.24, 2.45) is 0 Å². The summed E-state index contributed by atoms with van der Waals surface area (Å²) in [5.41, 5.74) is 1.53. The molecule has 0 fully saturated rings. The van der Waals surface area contributed by atoms with Gasteiger partial charge in [-0.3, -0.25) is 4.98 Å². The summed E-state index contributed by atoms with van der Waals surface area (Å²) < 4.78 is 0. The van der Waals surface area contributed by atoms with Crippen LogP contribution >= 0.6 is 23.2 Å². The quantitative estimate of drug-likeness (QED) is 0.921. The summed E-state index contributed by atoms with van der Waals surface area (Å²) in [5.74, 6) is 0. The predicted octanol–water partition coefficient (Wildman–Crippen LogP) is 3.66. The summed E-state index contributed by atoms with van der Waals surface area (Å²) >= 11 is 11.8. The third kappa shape index (κ3) is 3.43. The fourth-order valence-corrected chi connectivity index (χ4v) is 2.15. The number of pyridine rings is 1. The van der Waals surface area contributed by atoms with Gasteiger partial charge in [-0.15, -0.1) is 0 Å². The molecule has 17 heavy (non-hydrogen) atoms. The molecule has 1 aromatic heterocycles. The van der Waals surface area contributed by atoms with Crippen molar-refractivity contribution in [1.82, 2.24) is 4.98 Å². The third-order valence-corrected chi connectivity index (χ3v) is 2.83. The normalized spacial score (nSPS) is 12.4. The van der Waals surface area contributed by atoms with Gasteiger partial charge in [-0.25, -0.2) is 0 Å². The Hall–Kier alpha value is -1.09. The molecule has 1 heterocycles. The van der Waals surface area contributed by atoms with E-state index in [0.717, 1.165) is 5.69 Å². The number of rotatable bonds is 3. The monoisotopic (exact) mass is 267 g/mol. The van der Waals surface area contributed by atoms with Crippen molar-refractivity contribution in [3.05, 3.63) is 63.9 Å². The number of benzene rings is 1. The number of nitrogens with zero attached hydrogens (tertiary/aromatic N) is 1. The smallest absolute Gasteiger partial charge is 0.0846 e. The van der Waals surface area contributed by atoms with E-state index in [1.165, 1.54) is 0 Å². The van der Waals surface area contributed by atoms with Crippen LogP contribution in [-0.4, -0.2) is 10.1 Å². The van der Waals surface area contributed by atoms with E-state index in [-0.39, 0.29) is 0 Å². The minimum Gasteiger partial charge on any atom is -0.388 e. The molecular formula is C13H11Cl2NO. The van der Waals surface area contributed by atoms with Gasteiger partial charge in [-0.1, -0.05) is 29.3 Å². The molecule has 0 radical (unpaired) electrons. The SMILES string of the molecule is OC(Cc1ccccn1)c1cc(Cl)cc(Cl)c1. The van der Waals surface area contributed by atoms with Crippen molar-refractivity contribution in [3.8, 4) is 0 Å². The lowest BCUT2D eigenvalue weighted by molar-refractivity contribution is 0.177. The minimum atomic E-state index is -0.652. The van der Waals surface area contributed by atoms with Crippen LogP contribution in [0.2, 0.25) is 10.0 Å². The van der Waals surface area contributed by atoms with Crippen molar-refractivity contribution in [2.75, 3.05) is 0 Å². The van der Waals surface area contributed by atoms with Gasteiger partial charge in [0.05, 0.1) is 6.10 Å². The van der Waals surface area contributed by atoms with Crippen LogP contribution < -0.4 is 0 Å². The lowest BCUT2D eigenvalue weighted by Gasteiger charge is -2.11. The first kappa shape index (κ1) is 12.4. The maximum Gasteiger partial charge on any atom is 0.0846 e. The molecule has 88 valence electrons. The second kappa shape index (κ2) is 5.50. The zero-order valence-electron chi connectivity index (χ0n) is 8.98. The minimum absolute atomic E-state index is 0.442. The Morgan fingerprint density at radius 3 is 2.41 bits per heavy atom. The summed E-state index contributed by atoms with van der Waals surface area (Å²) in [7, 11) is 0. The van der Waals surface area contributed by atoms with Crippen LogP contribution in [0.5, 0.6) is 0 Å². The van der Waals surface area contributed by atoms with Gasteiger partial charge in [0, 0.05) is 28.4 Å². The zero-order chi connectivity index (χ0) is 12.3. The summed E-state index contributed by atoms with van der Waals surface area (Å²) in [6.07, 6.45) is 1.49. The van der Waals surface area contributed by atoms with E-state index < -0.39 is 6.10 Å². The highest BCUT2D eigenvalue weighted by atomic mass is 35.5. The van der Waals surface area contributed by atoms with E-state index in [2.05, 4.69) is 4.98 Å². The molecule has 0 aliphatic carbocycles. The fraction of sp³-hybridized carbons (Fsp3) is 0.154. The molecule has 0 aliphatic heterocycles. The van der Waals surface area contributed by atoms with E-state index in [1.807, 2.05) is 18.2 Å². The average Bonchev–Trinajstić information content (AvgIpc) is 2.29. The molecule has 2 rings (SSSR count). The Morgan fingerprint density at radius 1 is 1.12 bits per heavy atom. The molecular weight excluding hydrogens is 257 g/mol. The van der Waals surface area contributed by atoms with Crippen molar-refractivity contribution in [1.29, 1.82) is 0 Å². The second-order valence-electron chi connectivity index (χ2n) is 3.74. The zero-order valence-corrected chi connectivity index (χ0v) is 10.5. The highest BCUT2D eigenvalue weighted by Gasteiger charge is 2.10. The van der Waals surface area contributed by atoms with Crippen LogP contribution in [0.15, 0.2) is 42.6 Å². The van der Waals surface area contributed by atoms with E-state index in [1.54, 1.807) is 24.4 Å². The maximum absolute atomic E-state index is 10.1. The van der Waals surface area contributed by atoms with Crippen LogP contribution in [0.4, 0.5) is 0 Å². The molecule has 0 aliphatic rings. The first-order valence-electron chi connectivity index (χ1n) is 5.19. The number of hydrogen-bond acceptors (Lipinski definition) is 2. The Bertz CT molecular complexity index is 482. The van der Waals surface area contributed by atoms with Crippen molar-refractivity contribution < 1.29 is 5.11 Å².